The van der Waals surface area contributed by atoms with E-state index in [1.165, 1.54) is 12.1 Å². The smallest absolute Gasteiger partial charge is 0.326 e. The third-order valence-corrected chi connectivity index (χ3v) is 5.75. The monoisotopic (exact) mass is 495 g/mol. The van der Waals surface area contributed by atoms with Gasteiger partial charge in [0.15, 0.2) is 0 Å². The predicted molar refractivity (Wildman–Crippen MR) is 124 cm³/mol. The highest BCUT2D eigenvalue weighted by molar-refractivity contribution is 7.80. The van der Waals surface area contributed by atoms with Crippen LogP contribution in [0.1, 0.15) is 24.8 Å². The number of hydrogen-bond donors (Lipinski definition) is 7. The van der Waals surface area contributed by atoms with Gasteiger partial charge < -0.3 is 37.2 Å². The molecular formula is C21H29N5O7S. The van der Waals surface area contributed by atoms with Crippen molar-refractivity contribution in [1.82, 2.24) is 15.5 Å². The molecule has 13 heteroatoms. The molecule has 4 amide bonds. The Hall–Kier alpha value is -3.32. The van der Waals surface area contributed by atoms with Gasteiger partial charge in [0.05, 0.1) is 12.5 Å². The first-order valence-electron chi connectivity index (χ1n) is 10.6. The molecule has 8 N–H and O–H groups in total. The summed E-state index contributed by atoms with van der Waals surface area (Å²) in [5.41, 5.74) is 11.8. The maximum atomic E-state index is 12.9. The van der Waals surface area contributed by atoms with E-state index in [9.17, 15) is 34.2 Å². The van der Waals surface area contributed by atoms with Crippen LogP contribution in [0.2, 0.25) is 0 Å². The highest BCUT2D eigenvalue weighted by Crippen LogP contribution is 2.19. The van der Waals surface area contributed by atoms with Gasteiger partial charge in [-0.3, -0.25) is 19.2 Å². The molecule has 34 heavy (non-hydrogen) atoms. The Labute approximate surface area is 201 Å². The first kappa shape index (κ1) is 26.9. The largest absolute Gasteiger partial charge is 0.508 e. The van der Waals surface area contributed by atoms with Crippen LogP contribution in [0.25, 0.3) is 0 Å². The van der Waals surface area contributed by atoms with Crippen molar-refractivity contribution in [1.29, 1.82) is 0 Å². The van der Waals surface area contributed by atoms with Crippen molar-refractivity contribution in [2.75, 3.05) is 12.3 Å². The lowest BCUT2D eigenvalue weighted by Gasteiger charge is -2.28. The van der Waals surface area contributed by atoms with Gasteiger partial charge in [-0.1, -0.05) is 12.1 Å². The number of carbonyl (C=O) groups excluding carboxylic acids is 4. The van der Waals surface area contributed by atoms with Crippen molar-refractivity contribution in [3.8, 4) is 5.75 Å². The molecule has 1 fully saturated rings. The molecule has 1 aromatic rings. The number of benzene rings is 1. The number of phenols is 1. The maximum Gasteiger partial charge on any atom is 0.326 e. The summed E-state index contributed by atoms with van der Waals surface area (Å²) in [7, 11) is 0. The Bertz CT molecular complexity index is 927. The number of carboxylic acid groups (broad SMARTS) is 1. The second-order valence-corrected chi connectivity index (χ2v) is 8.35. The van der Waals surface area contributed by atoms with Crippen LogP contribution in [0.4, 0.5) is 0 Å². The Morgan fingerprint density at radius 1 is 1.09 bits per heavy atom. The van der Waals surface area contributed by atoms with Gasteiger partial charge in [-0.25, -0.2) is 4.79 Å². The summed E-state index contributed by atoms with van der Waals surface area (Å²) in [6.07, 6.45) is 0.323. The number of phenolic OH excluding ortho intramolecular Hbond substituents is 1. The van der Waals surface area contributed by atoms with E-state index < -0.39 is 60.2 Å². The van der Waals surface area contributed by atoms with Crippen LogP contribution in [-0.2, 0) is 30.4 Å². The molecule has 0 aromatic heterocycles. The lowest BCUT2D eigenvalue weighted by molar-refractivity contribution is -0.149. The number of hydrogen-bond acceptors (Lipinski definition) is 8. The quantitative estimate of drug-likeness (QED) is 0.172. The fraction of sp³-hybridized carbons (Fsp3) is 0.476. The Morgan fingerprint density at radius 3 is 2.26 bits per heavy atom. The van der Waals surface area contributed by atoms with Crippen LogP contribution in [0.15, 0.2) is 24.3 Å². The standard InChI is InChI=1S/C21H29N5O7S/c22-13(8-11-3-5-12(27)6-4-11)18(29)25-15(10-34)19(30)24-14(9-17(23)28)20(31)26-7-1-2-16(26)21(32)33/h3-6,13-16,27,34H,1-2,7-10,22H2,(H2,23,28)(H,24,30)(H,25,29)(H,32,33). The van der Waals surface area contributed by atoms with Gasteiger partial charge in [-0.2, -0.15) is 12.6 Å². The second-order valence-electron chi connectivity index (χ2n) is 7.98. The Morgan fingerprint density at radius 2 is 1.71 bits per heavy atom. The molecule has 12 nitrogen and oxygen atoms in total. The highest BCUT2D eigenvalue weighted by atomic mass is 32.1. The molecule has 0 spiro atoms. The molecule has 4 unspecified atom stereocenters. The van der Waals surface area contributed by atoms with E-state index in [4.69, 9.17) is 11.5 Å². The third kappa shape index (κ3) is 7.35. The molecule has 1 aliphatic rings. The predicted octanol–water partition coefficient (Wildman–Crippen LogP) is -1.89. The normalized spacial score (nSPS) is 17.9. The van der Waals surface area contributed by atoms with Crippen LogP contribution < -0.4 is 22.1 Å². The van der Waals surface area contributed by atoms with E-state index in [1.807, 2.05) is 0 Å². The Balaban J connectivity index is 2.04. The molecule has 0 aliphatic carbocycles. The minimum atomic E-state index is -1.39. The minimum absolute atomic E-state index is 0.0669. The van der Waals surface area contributed by atoms with E-state index in [0.717, 1.165) is 4.90 Å². The topological polar surface area (TPSA) is 205 Å². The second kappa shape index (κ2) is 12.2. The molecule has 1 aliphatic heterocycles. The lowest BCUT2D eigenvalue weighted by atomic mass is 10.1. The number of amides is 4. The van der Waals surface area contributed by atoms with Crippen molar-refractivity contribution in [2.24, 2.45) is 11.5 Å². The number of rotatable bonds is 11. The van der Waals surface area contributed by atoms with Gasteiger partial charge in [-0.15, -0.1) is 0 Å². The van der Waals surface area contributed by atoms with Crippen molar-refractivity contribution in [2.45, 2.75) is 49.9 Å². The third-order valence-electron chi connectivity index (χ3n) is 5.39. The molecule has 1 heterocycles. The average molecular weight is 496 g/mol. The summed E-state index contributed by atoms with van der Waals surface area (Å²) in [6, 6.07) is 1.47. The van der Waals surface area contributed by atoms with E-state index >= 15 is 0 Å². The molecule has 1 saturated heterocycles. The summed E-state index contributed by atoms with van der Waals surface area (Å²) in [4.78, 5) is 62.2. The highest BCUT2D eigenvalue weighted by Gasteiger charge is 2.38. The van der Waals surface area contributed by atoms with Gasteiger partial charge in [0.25, 0.3) is 0 Å². The molecule has 4 atom stereocenters. The van der Waals surface area contributed by atoms with Crippen molar-refractivity contribution < 1.29 is 34.2 Å². The fourth-order valence-corrected chi connectivity index (χ4v) is 3.87. The summed E-state index contributed by atoms with van der Waals surface area (Å²) in [5.74, 6) is -4.31. The van der Waals surface area contributed by atoms with Crippen molar-refractivity contribution in [3.63, 3.8) is 0 Å². The van der Waals surface area contributed by atoms with Gasteiger partial charge >= 0.3 is 5.97 Å². The summed E-state index contributed by atoms with van der Waals surface area (Å²) < 4.78 is 0. The molecule has 0 bridgehead atoms. The summed E-state index contributed by atoms with van der Waals surface area (Å²) >= 11 is 4.07. The number of nitrogens with two attached hydrogens (primary N) is 2. The zero-order chi connectivity index (χ0) is 25.4. The van der Waals surface area contributed by atoms with Gasteiger partial charge in [-0.05, 0) is 37.0 Å². The van der Waals surface area contributed by atoms with Crippen LogP contribution in [-0.4, -0.2) is 81.2 Å². The number of aliphatic carboxylic acids is 1. The zero-order valence-corrected chi connectivity index (χ0v) is 19.2. The SMILES string of the molecule is NC(=O)CC(NC(=O)C(CS)NC(=O)C(N)Cc1ccc(O)cc1)C(=O)N1CCCC1C(=O)O. The number of primary amides is 1. The molecule has 0 saturated carbocycles. The molecular weight excluding hydrogens is 466 g/mol. The van der Waals surface area contributed by atoms with Crippen molar-refractivity contribution >= 4 is 42.2 Å². The number of carbonyl (C=O) groups is 5. The average Bonchev–Trinajstić information content (AvgIpc) is 3.27. The van der Waals surface area contributed by atoms with Crippen molar-refractivity contribution in [3.05, 3.63) is 29.8 Å². The molecule has 186 valence electrons. The van der Waals surface area contributed by atoms with E-state index in [1.54, 1.807) is 12.1 Å². The lowest BCUT2D eigenvalue weighted by Crippen LogP contribution is -2.58. The van der Waals surface area contributed by atoms with Gasteiger partial charge in [0.1, 0.15) is 23.9 Å². The van der Waals surface area contributed by atoms with E-state index in [2.05, 4.69) is 23.3 Å². The summed E-state index contributed by atoms with van der Waals surface area (Å²) in [5, 5.41) is 23.5. The van der Waals surface area contributed by atoms with E-state index in [-0.39, 0.29) is 30.9 Å². The fourth-order valence-electron chi connectivity index (χ4n) is 3.61. The van der Waals surface area contributed by atoms with E-state index in [0.29, 0.717) is 12.0 Å². The van der Waals surface area contributed by atoms with Crippen LogP contribution in [0.5, 0.6) is 5.75 Å². The molecule has 1 aromatic carbocycles. The summed E-state index contributed by atoms with van der Waals surface area (Å²) in [6.45, 7) is 0.166. The van der Waals surface area contributed by atoms with Gasteiger partial charge in [0.2, 0.25) is 23.6 Å². The van der Waals surface area contributed by atoms with Crippen LogP contribution in [0, 0.1) is 0 Å². The number of nitrogens with one attached hydrogen (secondary N) is 2. The number of nitrogens with zero attached hydrogens (tertiary/aromatic N) is 1. The molecule has 2 rings (SSSR count). The number of thiol groups is 1. The number of carboxylic acids is 1. The first-order chi connectivity index (χ1) is 16.0. The van der Waals surface area contributed by atoms with Crippen LogP contribution >= 0.6 is 12.6 Å². The van der Waals surface area contributed by atoms with Gasteiger partial charge in [0, 0.05) is 12.3 Å². The zero-order valence-electron chi connectivity index (χ0n) is 18.3. The molecule has 0 radical (unpaired) electrons. The number of likely N-dealkylation sites (tertiary alicyclic amines) is 1. The first-order valence-corrected chi connectivity index (χ1v) is 11.2. The number of aromatic hydroxyl groups is 1. The minimum Gasteiger partial charge on any atom is -0.508 e. The Kier molecular flexibility index (Phi) is 9.69. The van der Waals surface area contributed by atoms with Crippen LogP contribution in [0.3, 0.4) is 0 Å². The maximum absolute atomic E-state index is 12.9.